The van der Waals surface area contributed by atoms with Gasteiger partial charge in [0.25, 0.3) is 5.91 Å². The van der Waals surface area contributed by atoms with Gasteiger partial charge < -0.3 is 19.5 Å². The van der Waals surface area contributed by atoms with Gasteiger partial charge in [-0.15, -0.1) is 0 Å². The van der Waals surface area contributed by atoms with Gasteiger partial charge in [-0.05, 0) is 29.3 Å². The third kappa shape index (κ3) is 6.34. The highest BCUT2D eigenvalue weighted by Crippen LogP contribution is 2.36. The first kappa shape index (κ1) is 20.3. The fourth-order valence-electron chi connectivity index (χ4n) is 2.23. The third-order valence-electron chi connectivity index (χ3n) is 3.55. The van der Waals surface area contributed by atoms with Gasteiger partial charge in [0, 0.05) is 12.6 Å². The second kappa shape index (κ2) is 10.2. The molecule has 27 heavy (non-hydrogen) atoms. The van der Waals surface area contributed by atoms with Gasteiger partial charge in [-0.1, -0.05) is 41.9 Å². The quantitative estimate of drug-likeness (QED) is 0.554. The zero-order valence-electron chi connectivity index (χ0n) is 15.0. The molecule has 142 valence electrons. The van der Waals surface area contributed by atoms with Crippen LogP contribution < -0.4 is 14.8 Å². The molecular weight excluding hydrogens is 370 g/mol. The van der Waals surface area contributed by atoms with Crippen molar-refractivity contribution >= 4 is 29.6 Å². The van der Waals surface area contributed by atoms with E-state index in [9.17, 15) is 9.59 Å². The first-order valence-corrected chi connectivity index (χ1v) is 8.48. The zero-order chi connectivity index (χ0) is 19.6. The lowest BCUT2D eigenvalue weighted by Crippen LogP contribution is -2.28. The molecule has 2 rings (SSSR count). The van der Waals surface area contributed by atoms with E-state index in [1.165, 1.54) is 26.4 Å². The molecule has 7 heteroatoms. The number of methoxy groups -OCH3 is 2. The highest BCUT2D eigenvalue weighted by atomic mass is 35.5. The van der Waals surface area contributed by atoms with Gasteiger partial charge in [-0.3, -0.25) is 4.79 Å². The highest BCUT2D eigenvalue weighted by molar-refractivity contribution is 6.32. The maximum Gasteiger partial charge on any atom is 0.331 e. The number of nitrogens with one attached hydrogen (secondary N) is 1. The Balaban J connectivity index is 1.84. The summed E-state index contributed by atoms with van der Waals surface area (Å²) in [6, 6.07) is 12.7. The van der Waals surface area contributed by atoms with Crippen LogP contribution in [0.3, 0.4) is 0 Å². The van der Waals surface area contributed by atoms with Crippen LogP contribution in [0.25, 0.3) is 6.08 Å². The monoisotopic (exact) mass is 389 g/mol. The van der Waals surface area contributed by atoms with E-state index in [0.29, 0.717) is 28.6 Å². The molecule has 2 aromatic carbocycles. The maximum absolute atomic E-state index is 11.8. The molecule has 0 fully saturated rings. The summed E-state index contributed by atoms with van der Waals surface area (Å²) in [5.41, 5.74) is 1.59. The van der Waals surface area contributed by atoms with Gasteiger partial charge in [0.1, 0.15) is 0 Å². The van der Waals surface area contributed by atoms with Crippen LogP contribution in [0, 0.1) is 0 Å². The Morgan fingerprint density at radius 2 is 1.85 bits per heavy atom. The molecular formula is C20H20ClNO5. The average molecular weight is 390 g/mol. The maximum atomic E-state index is 11.8. The van der Waals surface area contributed by atoms with Crippen LogP contribution in [0.5, 0.6) is 11.5 Å². The van der Waals surface area contributed by atoms with Crippen LogP contribution in [0.15, 0.2) is 48.5 Å². The minimum absolute atomic E-state index is 0.352. The molecule has 0 bridgehead atoms. The summed E-state index contributed by atoms with van der Waals surface area (Å²) >= 11 is 6.11. The molecule has 1 amide bonds. The van der Waals surface area contributed by atoms with E-state index in [2.05, 4.69) is 5.32 Å². The topological polar surface area (TPSA) is 73.9 Å². The average Bonchev–Trinajstić information content (AvgIpc) is 2.69. The SMILES string of the molecule is COc1cc(/C=C/C(=O)OCC(=O)NCc2ccccc2)cc(Cl)c1OC. The van der Waals surface area contributed by atoms with Crippen molar-refractivity contribution in [3.8, 4) is 11.5 Å². The minimum atomic E-state index is -0.643. The van der Waals surface area contributed by atoms with E-state index in [1.807, 2.05) is 30.3 Å². The normalized spacial score (nSPS) is 10.5. The first-order valence-electron chi connectivity index (χ1n) is 8.10. The number of hydrogen-bond acceptors (Lipinski definition) is 5. The molecule has 0 aliphatic heterocycles. The summed E-state index contributed by atoms with van der Waals surface area (Å²) in [6.07, 6.45) is 2.72. The van der Waals surface area contributed by atoms with Gasteiger partial charge in [0.15, 0.2) is 18.1 Å². The number of hydrogen-bond donors (Lipinski definition) is 1. The summed E-state index contributed by atoms with van der Waals surface area (Å²) in [5, 5.41) is 3.03. The summed E-state index contributed by atoms with van der Waals surface area (Å²) in [7, 11) is 2.98. The van der Waals surface area contributed by atoms with Crippen molar-refractivity contribution in [2.45, 2.75) is 6.54 Å². The Labute approximate surface area is 162 Å². The Bertz CT molecular complexity index is 821. The van der Waals surface area contributed by atoms with E-state index >= 15 is 0 Å². The van der Waals surface area contributed by atoms with E-state index in [0.717, 1.165) is 5.56 Å². The second-order valence-corrected chi connectivity index (χ2v) is 5.85. The van der Waals surface area contributed by atoms with Crippen molar-refractivity contribution in [1.29, 1.82) is 0 Å². The minimum Gasteiger partial charge on any atom is -0.493 e. The smallest absolute Gasteiger partial charge is 0.331 e. The number of carbonyl (C=O) groups excluding carboxylic acids is 2. The van der Waals surface area contributed by atoms with Crippen molar-refractivity contribution in [3.63, 3.8) is 0 Å². The van der Waals surface area contributed by atoms with E-state index < -0.39 is 5.97 Å². The number of ether oxygens (including phenoxy) is 3. The lowest BCUT2D eigenvalue weighted by atomic mass is 10.2. The predicted octanol–water partition coefficient (Wildman–Crippen LogP) is 3.23. The first-order chi connectivity index (χ1) is 13.0. The molecule has 0 aliphatic rings. The molecule has 1 N–H and O–H groups in total. The van der Waals surface area contributed by atoms with E-state index in [4.69, 9.17) is 25.8 Å². The van der Waals surface area contributed by atoms with Crippen molar-refractivity contribution < 1.29 is 23.8 Å². The largest absolute Gasteiger partial charge is 0.493 e. The van der Waals surface area contributed by atoms with Gasteiger partial charge in [0.05, 0.1) is 19.2 Å². The number of halogens is 1. The molecule has 0 unspecified atom stereocenters. The predicted molar refractivity (Wildman–Crippen MR) is 103 cm³/mol. The second-order valence-electron chi connectivity index (χ2n) is 5.44. The fraction of sp³-hybridized carbons (Fsp3) is 0.200. The van der Waals surface area contributed by atoms with Gasteiger partial charge >= 0.3 is 5.97 Å². The van der Waals surface area contributed by atoms with Gasteiger partial charge in [-0.25, -0.2) is 4.79 Å². The van der Waals surface area contributed by atoms with Crippen LogP contribution in [-0.4, -0.2) is 32.7 Å². The fourth-order valence-corrected chi connectivity index (χ4v) is 2.53. The van der Waals surface area contributed by atoms with Crippen LogP contribution >= 0.6 is 11.6 Å². The molecule has 6 nitrogen and oxygen atoms in total. The van der Waals surface area contributed by atoms with Gasteiger partial charge in [0.2, 0.25) is 0 Å². The number of carbonyl (C=O) groups is 2. The molecule has 0 aliphatic carbocycles. The molecule has 0 saturated carbocycles. The molecule has 0 aromatic heterocycles. The third-order valence-corrected chi connectivity index (χ3v) is 3.83. The lowest BCUT2D eigenvalue weighted by Gasteiger charge is -2.10. The Kier molecular flexibility index (Phi) is 7.70. The summed E-state index contributed by atoms with van der Waals surface area (Å²) < 4.78 is 15.3. The number of amides is 1. The lowest BCUT2D eigenvalue weighted by molar-refractivity contribution is -0.143. The molecule has 0 heterocycles. The Hall–Kier alpha value is -2.99. The van der Waals surface area contributed by atoms with Crippen molar-refractivity contribution in [3.05, 3.63) is 64.7 Å². The van der Waals surface area contributed by atoms with Crippen molar-refractivity contribution in [2.24, 2.45) is 0 Å². The molecule has 2 aromatic rings. The number of esters is 1. The van der Waals surface area contributed by atoms with Gasteiger partial charge in [-0.2, -0.15) is 0 Å². The zero-order valence-corrected chi connectivity index (χ0v) is 15.8. The number of benzene rings is 2. The van der Waals surface area contributed by atoms with Crippen LogP contribution in [-0.2, 0) is 20.9 Å². The van der Waals surface area contributed by atoms with Crippen molar-refractivity contribution in [1.82, 2.24) is 5.32 Å². The standard InChI is InChI=1S/C20H20ClNO5/c1-25-17-11-15(10-16(21)20(17)26-2)8-9-19(24)27-13-18(23)22-12-14-6-4-3-5-7-14/h3-11H,12-13H2,1-2H3,(H,22,23)/b9-8+. The van der Waals surface area contributed by atoms with E-state index in [1.54, 1.807) is 12.1 Å². The summed E-state index contributed by atoms with van der Waals surface area (Å²) in [5.74, 6) is -0.169. The molecule has 0 saturated heterocycles. The van der Waals surface area contributed by atoms with E-state index in [-0.39, 0.29) is 12.5 Å². The van der Waals surface area contributed by atoms with Crippen LogP contribution in [0.2, 0.25) is 5.02 Å². The summed E-state index contributed by atoms with van der Waals surface area (Å²) in [4.78, 5) is 23.5. The molecule has 0 radical (unpaired) electrons. The highest BCUT2D eigenvalue weighted by Gasteiger charge is 2.10. The van der Waals surface area contributed by atoms with Crippen molar-refractivity contribution in [2.75, 3.05) is 20.8 Å². The molecule has 0 atom stereocenters. The van der Waals surface area contributed by atoms with Crippen LogP contribution in [0.1, 0.15) is 11.1 Å². The molecule has 0 spiro atoms. The van der Waals surface area contributed by atoms with Crippen LogP contribution in [0.4, 0.5) is 0 Å². The summed E-state index contributed by atoms with van der Waals surface area (Å²) in [6.45, 7) is 0.0138. The number of rotatable bonds is 8. The Morgan fingerprint density at radius 1 is 1.11 bits per heavy atom. The Morgan fingerprint density at radius 3 is 2.52 bits per heavy atom.